The van der Waals surface area contributed by atoms with Crippen LogP contribution in [0.5, 0.6) is 0 Å². The topological polar surface area (TPSA) is 75.6 Å². The number of carbonyl (C=O) groups excluding carboxylic acids is 1. The van der Waals surface area contributed by atoms with Gasteiger partial charge in [0.2, 0.25) is 5.91 Å². The highest BCUT2D eigenvalue weighted by atomic mass is 16.6. The molecule has 1 fully saturated rings. The lowest BCUT2D eigenvalue weighted by Gasteiger charge is -2.25. The van der Waals surface area contributed by atoms with Crippen LogP contribution in [0.2, 0.25) is 0 Å². The Kier molecular flexibility index (Phi) is 3.88. The van der Waals surface area contributed by atoms with Crippen LogP contribution in [0.25, 0.3) is 0 Å². The van der Waals surface area contributed by atoms with Crippen molar-refractivity contribution in [2.45, 2.75) is 25.7 Å². The predicted octanol–water partition coefficient (Wildman–Crippen LogP) is 0.555. The Bertz CT molecular complexity index is 229. The molecule has 0 heterocycles. The Labute approximate surface area is 82.4 Å². The van der Waals surface area contributed by atoms with Gasteiger partial charge in [-0.3, -0.25) is 14.4 Å². The third-order valence-corrected chi connectivity index (χ3v) is 2.60. The second kappa shape index (κ2) is 4.95. The average Bonchev–Trinajstić information content (AvgIpc) is 2.18. The van der Waals surface area contributed by atoms with Gasteiger partial charge in [0, 0.05) is 5.92 Å². The smallest absolute Gasteiger partial charge is 0.306 e. The Morgan fingerprint density at radius 1 is 1.36 bits per heavy atom. The monoisotopic (exact) mass is 201 g/mol. The van der Waals surface area contributed by atoms with Gasteiger partial charge in [-0.1, -0.05) is 6.42 Å². The zero-order chi connectivity index (χ0) is 10.6. The van der Waals surface area contributed by atoms with Gasteiger partial charge in [-0.05, 0) is 19.3 Å². The number of hydrogen-bond acceptors (Lipinski definition) is 3. The third kappa shape index (κ3) is 2.70. The van der Waals surface area contributed by atoms with Gasteiger partial charge in [-0.15, -0.1) is 0 Å². The minimum atomic E-state index is -0.806. The summed E-state index contributed by atoms with van der Waals surface area (Å²) >= 11 is 0. The molecule has 2 atom stereocenters. The summed E-state index contributed by atoms with van der Waals surface area (Å²) in [7, 11) is 1.37. The minimum Gasteiger partial charge on any atom is -0.481 e. The molecule has 0 radical (unpaired) electrons. The summed E-state index contributed by atoms with van der Waals surface area (Å²) < 4.78 is 0. The van der Waals surface area contributed by atoms with Crippen molar-refractivity contribution in [1.82, 2.24) is 5.48 Å². The molecule has 0 spiro atoms. The highest BCUT2D eigenvalue weighted by Crippen LogP contribution is 2.29. The first-order valence-corrected chi connectivity index (χ1v) is 4.70. The number of amides is 1. The summed E-state index contributed by atoms with van der Waals surface area (Å²) in [5.74, 6) is -1.61. The molecule has 5 heteroatoms. The maximum atomic E-state index is 11.3. The molecule has 0 saturated heterocycles. The number of rotatable bonds is 3. The summed E-state index contributed by atoms with van der Waals surface area (Å²) in [5, 5.41) is 8.80. The minimum absolute atomic E-state index is 0.210. The number of aliphatic carboxylic acids is 1. The molecule has 80 valence electrons. The van der Waals surface area contributed by atoms with Crippen molar-refractivity contribution in [2.24, 2.45) is 11.8 Å². The quantitative estimate of drug-likeness (QED) is 0.654. The van der Waals surface area contributed by atoms with Crippen molar-refractivity contribution in [3.8, 4) is 0 Å². The van der Waals surface area contributed by atoms with Crippen LogP contribution in [-0.4, -0.2) is 24.1 Å². The van der Waals surface area contributed by atoms with Gasteiger partial charge in [0.1, 0.15) is 0 Å². The molecule has 1 rings (SSSR count). The summed E-state index contributed by atoms with van der Waals surface area (Å²) in [6.07, 6.45) is 2.63. The highest BCUT2D eigenvalue weighted by molar-refractivity contribution is 5.79. The molecule has 0 aromatic heterocycles. The van der Waals surface area contributed by atoms with E-state index in [0.29, 0.717) is 12.8 Å². The van der Waals surface area contributed by atoms with E-state index in [-0.39, 0.29) is 17.7 Å². The van der Waals surface area contributed by atoms with Gasteiger partial charge in [0.25, 0.3) is 0 Å². The van der Waals surface area contributed by atoms with Crippen LogP contribution in [0, 0.1) is 11.8 Å². The zero-order valence-electron chi connectivity index (χ0n) is 8.16. The fourth-order valence-corrected chi connectivity index (χ4v) is 1.84. The van der Waals surface area contributed by atoms with E-state index in [2.05, 4.69) is 10.3 Å². The van der Waals surface area contributed by atoms with Crippen molar-refractivity contribution in [3.63, 3.8) is 0 Å². The third-order valence-electron chi connectivity index (χ3n) is 2.60. The van der Waals surface area contributed by atoms with Gasteiger partial charge in [-0.25, -0.2) is 5.48 Å². The fourth-order valence-electron chi connectivity index (χ4n) is 1.84. The van der Waals surface area contributed by atoms with Crippen molar-refractivity contribution < 1.29 is 19.5 Å². The standard InChI is InChI=1S/C9H15NO4/c1-14-10-8(11)6-3-2-4-7(5-6)9(12)13/h6-7H,2-5H2,1H3,(H,10,11)(H,12,13). The Hall–Kier alpha value is -1.10. The fraction of sp³-hybridized carbons (Fsp3) is 0.778. The van der Waals surface area contributed by atoms with Gasteiger partial charge >= 0.3 is 5.97 Å². The van der Waals surface area contributed by atoms with E-state index >= 15 is 0 Å². The molecule has 2 unspecified atom stereocenters. The first-order valence-electron chi connectivity index (χ1n) is 4.70. The summed E-state index contributed by atoms with van der Waals surface area (Å²) in [5.41, 5.74) is 2.24. The Morgan fingerprint density at radius 3 is 2.57 bits per heavy atom. The predicted molar refractivity (Wildman–Crippen MR) is 48.2 cm³/mol. The lowest BCUT2D eigenvalue weighted by molar-refractivity contribution is -0.145. The molecule has 0 aromatic carbocycles. The van der Waals surface area contributed by atoms with Crippen LogP contribution in [0.1, 0.15) is 25.7 Å². The van der Waals surface area contributed by atoms with E-state index in [9.17, 15) is 9.59 Å². The van der Waals surface area contributed by atoms with E-state index < -0.39 is 5.97 Å². The van der Waals surface area contributed by atoms with E-state index in [0.717, 1.165) is 12.8 Å². The number of carboxylic acids is 1. The lowest BCUT2D eigenvalue weighted by atomic mass is 9.81. The summed E-state index contributed by atoms with van der Waals surface area (Å²) in [4.78, 5) is 26.6. The number of carbonyl (C=O) groups is 2. The molecule has 1 amide bonds. The van der Waals surface area contributed by atoms with Gasteiger partial charge in [-0.2, -0.15) is 0 Å². The molecule has 0 aromatic rings. The number of hydrogen-bond donors (Lipinski definition) is 2. The molecular weight excluding hydrogens is 186 g/mol. The van der Waals surface area contributed by atoms with Gasteiger partial charge in [0.05, 0.1) is 13.0 Å². The molecule has 1 aliphatic carbocycles. The van der Waals surface area contributed by atoms with Gasteiger partial charge in [0.15, 0.2) is 0 Å². The lowest BCUT2D eigenvalue weighted by Crippen LogP contribution is -2.34. The van der Waals surface area contributed by atoms with Gasteiger partial charge < -0.3 is 5.11 Å². The average molecular weight is 201 g/mol. The van der Waals surface area contributed by atoms with E-state index in [1.807, 2.05) is 0 Å². The first-order chi connectivity index (χ1) is 6.65. The molecule has 14 heavy (non-hydrogen) atoms. The van der Waals surface area contributed by atoms with Crippen molar-refractivity contribution >= 4 is 11.9 Å². The van der Waals surface area contributed by atoms with E-state index in [1.165, 1.54) is 7.11 Å². The SMILES string of the molecule is CONC(=O)C1CCCC(C(=O)O)C1. The summed E-state index contributed by atoms with van der Waals surface area (Å²) in [6.45, 7) is 0. The maximum absolute atomic E-state index is 11.3. The normalized spacial score (nSPS) is 26.9. The van der Waals surface area contributed by atoms with Crippen LogP contribution in [0.15, 0.2) is 0 Å². The summed E-state index contributed by atoms with van der Waals surface area (Å²) in [6, 6.07) is 0. The molecule has 1 aliphatic rings. The second-order valence-electron chi connectivity index (χ2n) is 3.57. The van der Waals surface area contributed by atoms with E-state index in [1.54, 1.807) is 0 Å². The molecule has 0 aliphatic heterocycles. The van der Waals surface area contributed by atoms with Crippen LogP contribution < -0.4 is 5.48 Å². The van der Waals surface area contributed by atoms with Crippen molar-refractivity contribution in [2.75, 3.05) is 7.11 Å². The number of nitrogens with one attached hydrogen (secondary N) is 1. The molecule has 0 bridgehead atoms. The Morgan fingerprint density at radius 2 is 2.00 bits per heavy atom. The number of carboxylic acid groups (broad SMARTS) is 1. The molecule has 5 nitrogen and oxygen atoms in total. The van der Waals surface area contributed by atoms with Crippen LogP contribution >= 0.6 is 0 Å². The van der Waals surface area contributed by atoms with Crippen molar-refractivity contribution in [3.05, 3.63) is 0 Å². The maximum Gasteiger partial charge on any atom is 0.306 e. The largest absolute Gasteiger partial charge is 0.481 e. The highest BCUT2D eigenvalue weighted by Gasteiger charge is 2.30. The van der Waals surface area contributed by atoms with Crippen LogP contribution in [0.4, 0.5) is 0 Å². The zero-order valence-corrected chi connectivity index (χ0v) is 8.16. The van der Waals surface area contributed by atoms with Crippen molar-refractivity contribution in [1.29, 1.82) is 0 Å². The second-order valence-corrected chi connectivity index (χ2v) is 3.57. The first kappa shape index (κ1) is 11.0. The van der Waals surface area contributed by atoms with Crippen LogP contribution in [-0.2, 0) is 14.4 Å². The van der Waals surface area contributed by atoms with Crippen LogP contribution in [0.3, 0.4) is 0 Å². The molecular formula is C9H15NO4. The molecule has 2 N–H and O–H groups in total. The Balaban J connectivity index is 2.47. The number of hydroxylamine groups is 1. The molecule has 1 saturated carbocycles. The van der Waals surface area contributed by atoms with E-state index in [4.69, 9.17) is 5.11 Å².